The standard InChI is InChI=1S/C17H16ClFN2/c1-20-9-12-10-21(17-8-3-2-5-13(12)17)11-14-15(18)6-4-7-16(14)19/h2-8,10,20H,9,11H2,1H3. The number of halogens is 2. The van der Waals surface area contributed by atoms with Crippen molar-refractivity contribution in [1.29, 1.82) is 0 Å². The number of aromatic nitrogens is 1. The first-order valence-corrected chi connectivity index (χ1v) is 7.22. The lowest BCUT2D eigenvalue weighted by atomic mass is 10.2. The Hall–Kier alpha value is -1.84. The van der Waals surface area contributed by atoms with Gasteiger partial charge in [0.25, 0.3) is 0 Å². The first-order valence-electron chi connectivity index (χ1n) is 6.85. The molecule has 1 heterocycles. The maximum atomic E-state index is 14.0. The molecule has 0 aliphatic carbocycles. The van der Waals surface area contributed by atoms with E-state index in [-0.39, 0.29) is 5.82 Å². The largest absolute Gasteiger partial charge is 0.343 e. The number of para-hydroxylation sites is 1. The van der Waals surface area contributed by atoms with Gasteiger partial charge in [0.15, 0.2) is 0 Å². The van der Waals surface area contributed by atoms with Crippen LogP contribution in [0.1, 0.15) is 11.1 Å². The molecule has 4 heteroatoms. The van der Waals surface area contributed by atoms with Gasteiger partial charge in [-0.05, 0) is 30.8 Å². The van der Waals surface area contributed by atoms with E-state index in [9.17, 15) is 4.39 Å². The maximum Gasteiger partial charge on any atom is 0.129 e. The van der Waals surface area contributed by atoms with E-state index in [1.165, 1.54) is 17.0 Å². The Morgan fingerprint density at radius 2 is 1.95 bits per heavy atom. The van der Waals surface area contributed by atoms with Gasteiger partial charge in [-0.1, -0.05) is 35.9 Å². The Labute approximate surface area is 128 Å². The smallest absolute Gasteiger partial charge is 0.129 e. The Bertz CT molecular complexity index is 759. The zero-order valence-electron chi connectivity index (χ0n) is 11.7. The van der Waals surface area contributed by atoms with E-state index < -0.39 is 0 Å². The normalized spacial score (nSPS) is 11.2. The highest BCUT2D eigenvalue weighted by molar-refractivity contribution is 6.31. The van der Waals surface area contributed by atoms with E-state index in [2.05, 4.69) is 17.6 Å². The zero-order valence-corrected chi connectivity index (χ0v) is 12.5. The van der Waals surface area contributed by atoms with Gasteiger partial charge in [0.1, 0.15) is 5.82 Å². The summed E-state index contributed by atoms with van der Waals surface area (Å²) < 4.78 is 16.0. The molecule has 0 spiro atoms. The van der Waals surface area contributed by atoms with Gasteiger partial charge in [0, 0.05) is 34.2 Å². The molecule has 0 radical (unpaired) electrons. The lowest BCUT2D eigenvalue weighted by molar-refractivity contribution is 0.602. The summed E-state index contributed by atoms with van der Waals surface area (Å²) in [6, 6.07) is 12.9. The number of hydrogen-bond acceptors (Lipinski definition) is 1. The molecule has 3 rings (SSSR count). The molecule has 0 saturated heterocycles. The minimum Gasteiger partial charge on any atom is -0.343 e. The van der Waals surface area contributed by atoms with Crippen molar-refractivity contribution in [3.8, 4) is 0 Å². The molecule has 0 atom stereocenters. The van der Waals surface area contributed by atoms with Gasteiger partial charge in [-0.15, -0.1) is 0 Å². The third-order valence-electron chi connectivity index (χ3n) is 3.63. The van der Waals surface area contributed by atoms with Gasteiger partial charge in [0.05, 0.1) is 6.54 Å². The summed E-state index contributed by atoms with van der Waals surface area (Å²) in [4.78, 5) is 0. The third kappa shape index (κ3) is 2.67. The van der Waals surface area contributed by atoms with Gasteiger partial charge in [-0.2, -0.15) is 0 Å². The topological polar surface area (TPSA) is 17.0 Å². The SMILES string of the molecule is CNCc1cn(Cc2c(F)cccc2Cl)c2ccccc12. The molecule has 0 saturated carbocycles. The van der Waals surface area contributed by atoms with E-state index in [1.807, 2.05) is 29.8 Å². The van der Waals surface area contributed by atoms with Crippen molar-refractivity contribution in [2.45, 2.75) is 13.1 Å². The molecule has 2 aromatic carbocycles. The second-order valence-electron chi connectivity index (χ2n) is 5.03. The Kier molecular flexibility index (Phi) is 3.95. The quantitative estimate of drug-likeness (QED) is 0.764. The maximum absolute atomic E-state index is 14.0. The van der Waals surface area contributed by atoms with E-state index >= 15 is 0 Å². The fourth-order valence-electron chi connectivity index (χ4n) is 2.64. The highest BCUT2D eigenvalue weighted by Gasteiger charge is 2.12. The van der Waals surface area contributed by atoms with Crippen LogP contribution in [0.2, 0.25) is 5.02 Å². The average Bonchev–Trinajstić information content (AvgIpc) is 2.82. The van der Waals surface area contributed by atoms with Crippen LogP contribution in [0.4, 0.5) is 4.39 Å². The molecule has 0 unspecified atom stereocenters. The molecule has 0 aliphatic rings. The summed E-state index contributed by atoms with van der Waals surface area (Å²) in [5, 5.41) is 4.80. The average molecular weight is 303 g/mol. The molecule has 21 heavy (non-hydrogen) atoms. The van der Waals surface area contributed by atoms with Crippen LogP contribution in [0.5, 0.6) is 0 Å². The van der Waals surface area contributed by atoms with Crippen molar-refractivity contribution < 1.29 is 4.39 Å². The fraction of sp³-hybridized carbons (Fsp3) is 0.176. The lowest BCUT2D eigenvalue weighted by Gasteiger charge is -2.08. The molecule has 0 amide bonds. The van der Waals surface area contributed by atoms with Crippen LogP contribution in [0.15, 0.2) is 48.7 Å². The minimum atomic E-state index is -0.268. The minimum absolute atomic E-state index is 0.268. The molecule has 1 N–H and O–H groups in total. The van der Waals surface area contributed by atoms with Crippen molar-refractivity contribution in [2.24, 2.45) is 0 Å². The number of rotatable bonds is 4. The Balaban J connectivity index is 2.09. The van der Waals surface area contributed by atoms with Gasteiger partial charge in [-0.25, -0.2) is 4.39 Å². The monoisotopic (exact) mass is 302 g/mol. The van der Waals surface area contributed by atoms with Crippen LogP contribution in [-0.4, -0.2) is 11.6 Å². The van der Waals surface area contributed by atoms with Crippen molar-refractivity contribution >= 4 is 22.5 Å². The molecule has 0 aliphatic heterocycles. The predicted octanol–water partition coefficient (Wildman–Crippen LogP) is 4.20. The zero-order chi connectivity index (χ0) is 14.8. The molecule has 2 nitrogen and oxygen atoms in total. The summed E-state index contributed by atoms with van der Waals surface area (Å²) >= 11 is 6.13. The van der Waals surface area contributed by atoms with Crippen LogP contribution in [0.25, 0.3) is 10.9 Å². The van der Waals surface area contributed by atoms with Gasteiger partial charge in [-0.3, -0.25) is 0 Å². The van der Waals surface area contributed by atoms with E-state index in [0.29, 0.717) is 17.1 Å². The highest BCUT2D eigenvalue weighted by Crippen LogP contribution is 2.25. The van der Waals surface area contributed by atoms with Gasteiger partial charge < -0.3 is 9.88 Å². The number of hydrogen-bond donors (Lipinski definition) is 1. The summed E-state index contributed by atoms with van der Waals surface area (Å²) in [5.74, 6) is -0.268. The molecular formula is C17H16ClFN2. The Morgan fingerprint density at radius 3 is 2.71 bits per heavy atom. The highest BCUT2D eigenvalue weighted by atomic mass is 35.5. The van der Waals surface area contributed by atoms with Gasteiger partial charge >= 0.3 is 0 Å². The number of nitrogens with zero attached hydrogens (tertiary/aromatic N) is 1. The first kappa shape index (κ1) is 14.1. The van der Waals surface area contributed by atoms with Crippen LogP contribution in [0, 0.1) is 5.82 Å². The summed E-state index contributed by atoms with van der Waals surface area (Å²) in [7, 11) is 1.92. The molecule has 3 aromatic rings. The van der Waals surface area contributed by atoms with Crippen molar-refractivity contribution in [1.82, 2.24) is 9.88 Å². The third-order valence-corrected chi connectivity index (χ3v) is 3.98. The molecule has 0 bridgehead atoms. The van der Waals surface area contributed by atoms with E-state index in [0.717, 1.165) is 12.1 Å². The predicted molar refractivity (Wildman–Crippen MR) is 85.2 cm³/mol. The van der Waals surface area contributed by atoms with Crippen LogP contribution in [-0.2, 0) is 13.1 Å². The molecule has 0 fully saturated rings. The molecular weight excluding hydrogens is 287 g/mol. The number of fused-ring (bicyclic) bond motifs is 1. The number of benzene rings is 2. The van der Waals surface area contributed by atoms with Crippen molar-refractivity contribution in [2.75, 3.05) is 7.05 Å². The fourth-order valence-corrected chi connectivity index (χ4v) is 2.86. The number of nitrogens with one attached hydrogen (secondary N) is 1. The summed E-state index contributed by atoms with van der Waals surface area (Å²) in [6.07, 6.45) is 2.06. The van der Waals surface area contributed by atoms with Crippen molar-refractivity contribution in [3.63, 3.8) is 0 Å². The van der Waals surface area contributed by atoms with Crippen LogP contribution < -0.4 is 5.32 Å². The van der Waals surface area contributed by atoms with Crippen LogP contribution in [0.3, 0.4) is 0 Å². The molecule has 108 valence electrons. The summed E-state index contributed by atoms with van der Waals surface area (Å²) in [5.41, 5.74) is 2.80. The first-order chi connectivity index (χ1) is 10.2. The van der Waals surface area contributed by atoms with E-state index in [4.69, 9.17) is 11.6 Å². The van der Waals surface area contributed by atoms with Gasteiger partial charge in [0.2, 0.25) is 0 Å². The van der Waals surface area contributed by atoms with E-state index in [1.54, 1.807) is 12.1 Å². The van der Waals surface area contributed by atoms with Crippen molar-refractivity contribution in [3.05, 3.63) is 70.6 Å². The van der Waals surface area contributed by atoms with Crippen LogP contribution >= 0.6 is 11.6 Å². The lowest BCUT2D eigenvalue weighted by Crippen LogP contribution is -2.05. The summed E-state index contributed by atoms with van der Waals surface area (Å²) in [6.45, 7) is 1.20. The Morgan fingerprint density at radius 1 is 1.14 bits per heavy atom. The second kappa shape index (κ2) is 5.88. The second-order valence-corrected chi connectivity index (χ2v) is 5.44. The molecule has 1 aromatic heterocycles.